The highest BCUT2D eigenvalue weighted by molar-refractivity contribution is 4.95. The summed E-state index contributed by atoms with van der Waals surface area (Å²) in [7, 11) is 0. The van der Waals surface area contributed by atoms with Crippen molar-refractivity contribution in [2.75, 3.05) is 13.1 Å². The predicted molar refractivity (Wildman–Crippen MR) is 71.9 cm³/mol. The lowest BCUT2D eigenvalue weighted by Gasteiger charge is -2.42. The molecule has 4 unspecified atom stereocenters. The summed E-state index contributed by atoms with van der Waals surface area (Å²) in [5, 5.41) is 0. The van der Waals surface area contributed by atoms with E-state index in [0.717, 1.165) is 30.5 Å². The third kappa shape index (κ3) is 2.26. The Kier molecular flexibility index (Phi) is 3.72. The van der Waals surface area contributed by atoms with Crippen molar-refractivity contribution < 1.29 is 0 Å². The van der Waals surface area contributed by atoms with Crippen molar-refractivity contribution in [3.8, 4) is 0 Å². The number of nitrogens with zero attached hydrogens (tertiary/aromatic N) is 1. The molecule has 2 nitrogen and oxygen atoms in total. The van der Waals surface area contributed by atoms with E-state index < -0.39 is 0 Å². The lowest BCUT2D eigenvalue weighted by Crippen LogP contribution is -2.48. The first-order valence-electron chi connectivity index (χ1n) is 7.86. The molecule has 2 N–H and O–H groups in total. The second-order valence-corrected chi connectivity index (χ2v) is 6.49. The molecule has 0 aromatic rings. The van der Waals surface area contributed by atoms with Gasteiger partial charge in [0.25, 0.3) is 0 Å². The minimum absolute atomic E-state index is 0.796. The molecule has 0 radical (unpaired) electrons. The summed E-state index contributed by atoms with van der Waals surface area (Å²) in [6, 6.07) is 1.77. The maximum absolute atomic E-state index is 6.00. The summed E-state index contributed by atoms with van der Waals surface area (Å²) in [6.45, 7) is 2.29. The van der Waals surface area contributed by atoms with E-state index >= 15 is 0 Å². The van der Waals surface area contributed by atoms with Crippen LogP contribution < -0.4 is 5.73 Å². The SMILES string of the molecule is NCC1CCCCC1N1CCC2CCCCC21. The van der Waals surface area contributed by atoms with Crippen LogP contribution in [0.2, 0.25) is 0 Å². The molecule has 1 heterocycles. The minimum Gasteiger partial charge on any atom is -0.330 e. The zero-order valence-electron chi connectivity index (χ0n) is 11.1. The van der Waals surface area contributed by atoms with Crippen LogP contribution in [0.25, 0.3) is 0 Å². The van der Waals surface area contributed by atoms with Gasteiger partial charge in [0.1, 0.15) is 0 Å². The number of rotatable bonds is 2. The highest BCUT2D eigenvalue weighted by atomic mass is 15.2. The van der Waals surface area contributed by atoms with Crippen LogP contribution in [-0.4, -0.2) is 30.1 Å². The number of likely N-dealkylation sites (tertiary alicyclic amines) is 1. The topological polar surface area (TPSA) is 29.3 Å². The van der Waals surface area contributed by atoms with Gasteiger partial charge in [-0.2, -0.15) is 0 Å². The number of hydrogen-bond acceptors (Lipinski definition) is 2. The maximum atomic E-state index is 6.00. The summed E-state index contributed by atoms with van der Waals surface area (Å²) in [4.78, 5) is 2.89. The van der Waals surface area contributed by atoms with Gasteiger partial charge in [-0.25, -0.2) is 0 Å². The van der Waals surface area contributed by atoms with Crippen LogP contribution in [0.5, 0.6) is 0 Å². The fraction of sp³-hybridized carbons (Fsp3) is 1.00. The summed E-state index contributed by atoms with van der Waals surface area (Å²) in [6.07, 6.45) is 13.1. The molecular formula is C15H28N2. The Morgan fingerprint density at radius 3 is 2.35 bits per heavy atom. The molecule has 3 rings (SSSR count). The average Bonchev–Trinajstić information content (AvgIpc) is 2.82. The van der Waals surface area contributed by atoms with Crippen molar-refractivity contribution in [1.82, 2.24) is 4.90 Å². The smallest absolute Gasteiger partial charge is 0.0139 e. The maximum Gasteiger partial charge on any atom is 0.0139 e. The summed E-state index contributed by atoms with van der Waals surface area (Å²) < 4.78 is 0. The Balaban J connectivity index is 1.69. The van der Waals surface area contributed by atoms with Gasteiger partial charge in [-0.3, -0.25) is 4.90 Å². The van der Waals surface area contributed by atoms with E-state index in [1.165, 1.54) is 64.3 Å². The van der Waals surface area contributed by atoms with Gasteiger partial charge in [0.15, 0.2) is 0 Å². The summed E-state index contributed by atoms with van der Waals surface area (Å²) >= 11 is 0. The predicted octanol–water partition coefficient (Wildman–Crippen LogP) is 2.77. The molecule has 0 spiro atoms. The Morgan fingerprint density at radius 2 is 1.53 bits per heavy atom. The summed E-state index contributed by atoms with van der Waals surface area (Å²) in [5.74, 6) is 1.83. The first kappa shape index (κ1) is 12.0. The van der Waals surface area contributed by atoms with Crippen LogP contribution in [-0.2, 0) is 0 Å². The zero-order chi connectivity index (χ0) is 11.7. The van der Waals surface area contributed by atoms with Gasteiger partial charge in [-0.05, 0) is 57.0 Å². The molecule has 0 aromatic carbocycles. The molecular weight excluding hydrogens is 208 g/mol. The second kappa shape index (κ2) is 5.27. The minimum atomic E-state index is 0.796. The molecule has 98 valence electrons. The first-order chi connectivity index (χ1) is 8.40. The second-order valence-electron chi connectivity index (χ2n) is 6.49. The van der Waals surface area contributed by atoms with E-state index in [1.807, 2.05) is 0 Å². The molecule has 0 aromatic heterocycles. The molecule has 0 amide bonds. The third-order valence-corrected chi connectivity index (χ3v) is 5.65. The lowest BCUT2D eigenvalue weighted by molar-refractivity contribution is 0.0710. The fourth-order valence-corrected chi connectivity index (χ4v) is 4.75. The lowest BCUT2D eigenvalue weighted by atomic mass is 9.81. The van der Waals surface area contributed by atoms with Crippen molar-refractivity contribution in [3.05, 3.63) is 0 Å². The molecule has 3 fully saturated rings. The number of fused-ring (bicyclic) bond motifs is 1. The van der Waals surface area contributed by atoms with Crippen molar-refractivity contribution >= 4 is 0 Å². The van der Waals surface area contributed by atoms with E-state index in [9.17, 15) is 0 Å². The van der Waals surface area contributed by atoms with Crippen LogP contribution in [0, 0.1) is 11.8 Å². The average molecular weight is 236 g/mol. The quantitative estimate of drug-likeness (QED) is 0.799. The van der Waals surface area contributed by atoms with Crippen molar-refractivity contribution in [2.24, 2.45) is 17.6 Å². The van der Waals surface area contributed by atoms with Gasteiger partial charge in [-0.15, -0.1) is 0 Å². The Hall–Kier alpha value is -0.0800. The van der Waals surface area contributed by atoms with E-state index in [4.69, 9.17) is 5.73 Å². The van der Waals surface area contributed by atoms with Crippen LogP contribution >= 0.6 is 0 Å². The van der Waals surface area contributed by atoms with Crippen molar-refractivity contribution in [2.45, 2.75) is 69.9 Å². The van der Waals surface area contributed by atoms with Gasteiger partial charge in [-0.1, -0.05) is 25.7 Å². The molecule has 2 saturated carbocycles. The van der Waals surface area contributed by atoms with Crippen LogP contribution in [0.4, 0.5) is 0 Å². The van der Waals surface area contributed by atoms with Gasteiger partial charge in [0.05, 0.1) is 0 Å². The Morgan fingerprint density at radius 1 is 0.824 bits per heavy atom. The molecule has 2 aliphatic carbocycles. The number of nitrogens with two attached hydrogens (primary N) is 1. The highest BCUT2D eigenvalue weighted by Crippen LogP contribution is 2.40. The molecule has 17 heavy (non-hydrogen) atoms. The standard InChI is InChI=1S/C15H28N2/c16-11-13-6-2-4-8-15(13)17-10-9-12-5-1-3-7-14(12)17/h12-15H,1-11,16H2. The molecule has 1 saturated heterocycles. The Bertz CT molecular complexity index is 253. The molecule has 0 bridgehead atoms. The molecule has 4 atom stereocenters. The van der Waals surface area contributed by atoms with E-state index in [-0.39, 0.29) is 0 Å². The van der Waals surface area contributed by atoms with E-state index in [0.29, 0.717) is 0 Å². The first-order valence-corrected chi connectivity index (χ1v) is 7.86. The van der Waals surface area contributed by atoms with Crippen LogP contribution in [0.1, 0.15) is 57.8 Å². The van der Waals surface area contributed by atoms with Crippen molar-refractivity contribution in [3.63, 3.8) is 0 Å². The van der Waals surface area contributed by atoms with Gasteiger partial charge in [0.2, 0.25) is 0 Å². The zero-order valence-corrected chi connectivity index (χ0v) is 11.1. The number of hydrogen-bond donors (Lipinski definition) is 1. The van der Waals surface area contributed by atoms with Gasteiger partial charge < -0.3 is 5.73 Å². The Labute approximate surface area is 106 Å². The van der Waals surface area contributed by atoms with Gasteiger partial charge in [0, 0.05) is 12.1 Å². The summed E-state index contributed by atoms with van der Waals surface area (Å²) in [5.41, 5.74) is 6.00. The van der Waals surface area contributed by atoms with Crippen molar-refractivity contribution in [1.29, 1.82) is 0 Å². The molecule has 1 aliphatic heterocycles. The largest absolute Gasteiger partial charge is 0.330 e. The van der Waals surface area contributed by atoms with Gasteiger partial charge >= 0.3 is 0 Å². The fourth-order valence-electron chi connectivity index (χ4n) is 4.75. The van der Waals surface area contributed by atoms with E-state index in [1.54, 1.807) is 0 Å². The molecule has 2 heteroatoms. The third-order valence-electron chi connectivity index (χ3n) is 5.65. The highest BCUT2D eigenvalue weighted by Gasteiger charge is 2.41. The van der Waals surface area contributed by atoms with E-state index in [2.05, 4.69) is 4.90 Å². The monoisotopic (exact) mass is 236 g/mol. The normalized spacial score (nSPS) is 43.6. The molecule has 3 aliphatic rings. The van der Waals surface area contributed by atoms with Crippen LogP contribution in [0.3, 0.4) is 0 Å². The van der Waals surface area contributed by atoms with Crippen LogP contribution in [0.15, 0.2) is 0 Å².